The first kappa shape index (κ1) is 9.71. The summed E-state index contributed by atoms with van der Waals surface area (Å²) in [6.07, 6.45) is 2.17. The fourth-order valence-electron chi connectivity index (χ4n) is 2.28. The second-order valence-corrected chi connectivity index (χ2v) is 6.13. The van der Waals surface area contributed by atoms with E-state index < -0.39 is 9.24 Å². The van der Waals surface area contributed by atoms with Gasteiger partial charge in [0.25, 0.3) is 9.24 Å². The molecule has 0 aliphatic carbocycles. The van der Waals surface area contributed by atoms with Crippen molar-refractivity contribution in [3.63, 3.8) is 0 Å². The highest BCUT2D eigenvalue weighted by molar-refractivity contribution is 8.12. The normalized spacial score (nSPS) is 39.3. The van der Waals surface area contributed by atoms with E-state index in [-0.39, 0.29) is 6.04 Å². The maximum absolute atomic E-state index is 10.8. The number of halogens is 1. The van der Waals surface area contributed by atoms with Crippen LogP contribution in [0.1, 0.15) is 12.8 Å². The SMILES string of the molecule is O=S(=O)(Cl)NC1CN2CCC1CC2. The first-order valence-corrected chi connectivity index (χ1v) is 6.80. The molecule has 3 heterocycles. The van der Waals surface area contributed by atoms with Gasteiger partial charge in [-0.2, -0.15) is 13.1 Å². The Kier molecular flexibility index (Phi) is 2.53. The van der Waals surface area contributed by atoms with Crippen LogP contribution < -0.4 is 4.72 Å². The number of piperidine rings is 3. The van der Waals surface area contributed by atoms with Crippen molar-refractivity contribution in [3.05, 3.63) is 0 Å². The highest BCUT2D eigenvalue weighted by atomic mass is 35.7. The summed E-state index contributed by atoms with van der Waals surface area (Å²) in [7, 11) is 1.60. The predicted molar refractivity (Wildman–Crippen MR) is 50.9 cm³/mol. The maximum Gasteiger partial charge on any atom is 0.297 e. The zero-order valence-electron chi connectivity index (χ0n) is 7.24. The molecule has 2 bridgehead atoms. The largest absolute Gasteiger partial charge is 0.302 e. The highest BCUT2D eigenvalue weighted by Crippen LogP contribution is 2.27. The van der Waals surface area contributed by atoms with E-state index in [0.29, 0.717) is 5.92 Å². The predicted octanol–water partition coefficient (Wildman–Crippen LogP) is 0.154. The first-order chi connectivity index (χ1) is 6.04. The van der Waals surface area contributed by atoms with Crippen LogP contribution >= 0.6 is 10.7 Å². The molecule has 3 aliphatic rings. The third-order valence-corrected chi connectivity index (χ3v) is 3.80. The molecule has 3 fully saturated rings. The van der Waals surface area contributed by atoms with Crippen LogP contribution in [0.3, 0.4) is 0 Å². The van der Waals surface area contributed by atoms with Gasteiger partial charge in [-0.15, -0.1) is 0 Å². The van der Waals surface area contributed by atoms with Crippen LogP contribution in [0.5, 0.6) is 0 Å². The highest BCUT2D eigenvalue weighted by Gasteiger charge is 2.35. The van der Waals surface area contributed by atoms with Gasteiger partial charge in [0.05, 0.1) is 0 Å². The minimum absolute atomic E-state index is 0.0324. The summed E-state index contributed by atoms with van der Waals surface area (Å²) in [5, 5.41) is 0. The Bertz CT molecular complexity index is 285. The average molecular weight is 225 g/mol. The van der Waals surface area contributed by atoms with E-state index >= 15 is 0 Å². The number of rotatable bonds is 2. The Hall–Kier alpha value is 0.160. The van der Waals surface area contributed by atoms with Gasteiger partial charge in [0.2, 0.25) is 0 Å². The third kappa shape index (κ3) is 2.34. The van der Waals surface area contributed by atoms with E-state index in [9.17, 15) is 8.42 Å². The van der Waals surface area contributed by atoms with Gasteiger partial charge in [-0.1, -0.05) is 0 Å². The molecule has 0 aromatic carbocycles. The van der Waals surface area contributed by atoms with Crippen LogP contribution in [0.2, 0.25) is 0 Å². The molecular weight excluding hydrogens is 212 g/mol. The summed E-state index contributed by atoms with van der Waals surface area (Å²) >= 11 is 0. The zero-order chi connectivity index (χ0) is 9.47. The van der Waals surface area contributed by atoms with E-state index in [4.69, 9.17) is 10.7 Å². The van der Waals surface area contributed by atoms with Crippen molar-refractivity contribution in [2.75, 3.05) is 19.6 Å². The molecule has 6 heteroatoms. The third-order valence-electron chi connectivity index (χ3n) is 2.95. The van der Waals surface area contributed by atoms with Crippen molar-refractivity contribution >= 4 is 19.9 Å². The minimum Gasteiger partial charge on any atom is -0.302 e. The molecule has 3 aliphatic heterocycles. The molecule has 0 aromatic rings. The van der Waals surface area contributed by atoms with E-state index in [2.05, 4.69) is 9.62 Å². The molecule has 76 valence electrons. The van der Waals surface area contributed by atoms with Gasteiger partial charge in [0.1, 0.15) is 0 Å². The number of fused-ring (bicyclic) bond motifs is 3. The number of nitrogens with zero attached hydrogens (tertiary/aromatic N) is 1. The van der Waals surface area contributed by atoms with Crippen molar-refractivity contribution in [2.45, 2.75) is 18.9 Å². The van der Waals surface area contributed by atoms with Gasteiger partial charge < -0.3 is 4.90 Å². The lowest BCUT2D eigenvalue weighted by molar-refractivity contribution is 0.0830. The van der Waals surface area contributed by atoms with Gasteiger partial charge in [0, 0.05) is 23.3 Å². The number of nitrogens with one attached hydrogen (secondary N) is 1. The molecule has 4 nitrogen and oxygen atoms in total. The molecule has 0 spiro atoms. The van der Waals surface area contributed by atoms with Crippen LogP contribution in [-0.2, 0) is 9.24 Å². The Morgan fingerprint density at radius 3 is 2.31 bits per heavy atom. The van der Waals surface area contributed by atoms with Crippen LogP contribution in [0.15, 0.2) is 0 Å². The molecular formula is C7H13ClN2O2S. The maximum atomic E-state index is 10.8. The van der Waals surface area contributed by atoms with Crippen molar-refractivity contribution < 1.29 is 8.42 Å². The molecule has 0 aromatic heterocycles. The summed E-state index contributed by atoms with van der Waals surface area (Å²) in [5.74, 6) is 0.485. The zero-order valence-corrected chi connectivity index (χ0v) is 8.81. The Morgan fingerprint density at radius 1 is 1.31 bits per heavy atom. The van der Waals surface area contributed by atoms with E-state index in [1.54, 1.807) is 0 Å². The molecule has 0 radical (unpaired) electrons. The summed E-state index contributed by atoms with van der Waals surface area (Å²) in [5.41, 5.74) is 0. The number of hydrogen-bond donors (Lipinski definition) is 1. The Labute approximate surface area is 82.8 Å². The van der Waals surface area contributed by atoms with Gasteiger partial charge >= 0.3 is 0 Å². The minimum atomic E-state index is -3.55. The monoisotopic (exact) mass is 224 g/mol. The van der Waals surface area contributed by atoms with Crippen molar-refractivity contribution in [2.24, 2.45) is 5.92 Å². The Balaban J connectivity index is 2.01. The lowest BCUT2D eigenvalue weighted by atomic mass is 9.85. The first-order valence-electron chi connectivity index (χ1n) is 4.49. The van der Waals surface area contributed by atoms with Crippen molar-refractivity contribution in [3.8, 4) is 0 Å². The second-order valence-electron chi connectivity index (χ2n) is 3.80. The molecule has 1 unspecified atom stereocenters. The second kappa shape index (κ2) is 3.38. The summed E-state index contributed by atoms with van der Waals surface area (Å²) < 4.78 is 24.1. The molecule has 0 amide bonds. The molecule has 1 N–H and O–H groups in total. The van der Waals surface area contributed by atoms with Crippen LogP contribution in [0.4, 0.5) is 0 Å². The molecule has 3 saturated heterocycles. The Morgan fingerprint density at radius 2 is 1.92 bits per heavy atom. The fraction of sp³-hybridized carbons (Fsp3) is 1.00. The van der Waals surface area contributed by atoms with Crippen LogP contribution in [-0.4, -0.2) is 39.0 Å². The summed E-state index contributed by atoms with van der Waals surface area (Å²) in [6.45, 7) is 3.02. The molecule has 0 saturated carbocycles. The molecule has 13 heavy (non-hydrogen) atoms. The average Bonchev–Trinajstić information content (AvgIpc) is 2.03. The number of hydrogen-bond acceptors (Lipinski definition) is 3. The quantitative estimate of drug-likeness (QED) is 0.680. The molecule has 1 atom stereocenters. The van der Waals surface area contributed by atoms with E-state index in [0.717, 1.165) is 32.5 Å². The molecule has 3 rings (SSSR count). The van der Waals surface area contributed by atoms with E-state index in [1.165, 1.54) is 0 Å². The van der Waals surface area contributed by atoms with Crippen molar-refractivity contribution in [1.82, 2.24) is 9.62 Å². The van der Waals surface area contributed by atoms with E-state index in [1.807, 2.05) is 0 Å². The van der Waals surface area contributed by atoms with Gasteiger partial charge in [0.15, 0.2) is 0 Å². The van der Waals surface area contributed by atoms with Gasteiger partial charge in [-0.25, -0.2) is 0 Å². The van der Waals surface area contributed by atoms with Crippen LogP contribution in [0, 0.1) is 5.92 Å². The lowest BCUT2D eigenvalue weighted by Crippen LogP contribution is -2.56. The van der Waals surface area contributed by atoms with Gasteiger partial charge in [-0.05, 0) is 31.8 Å². The van der Waals surface area contributed by atoms with Crippen molar-refractivity contribution in [1.29, 1.82) is 0 Å². The topological polar surface area (TPSA) is 49.4 Å². The summed E-state index contributed by atoms with van der Waals surface area (Å²) in [4.78, 5) is 2.28. The lowest BCUT2D eigenvalue weighted by Gasteiger charge is -2.44. The smallest absolute Gasteiger partial charge is 0.297 e. The summed E-state index contributed by atoms with van der Waals surface area (Å²) in [6, 6.07) is 0.0324. The van der Waals surface area contributed by atoms with Crippen LogP contribution in [0.25, 0.3) is 0 Å². The fourth-order valence-corrected chi connectivity index (χ4v) is 3.25. The standard InChI is InChI=1S/C7H13ClN2O2S/c8-13(11,12)9-7-5-10-3-1-6(7)2-4-10/h6-7,9H,1-5H2. The van der Waals surface area contributed by atoms with Gasteiger partial charge in [-0.3, -0.25) is 0 Å².